The van der Waals surface area contributed by atoms with Crippen LogP contribution in [0.4, 0.5) is 39.0 Å². The number of nitrogen functional groups attached to an aromatic ring is 1. The molecule has 51 heavy (non-hydrogen) atoms. The molecule has 21 nitrogen and oxygen atoms in total. The van der Waals surface area contributed by atoms with Crippen LogP contribution in [0, 0.1) is 6.08 Å². The quantitative estimate of drug-likeness (QED) is 0.0282. The van der Waals surface area contributed by atoms with E-state index in [0.717, 1.165) is 30.5 Å². The average Bonchev–Trinajstić information content (AvgIpc) is 3.01. The molecule has 0 radical (unpaired) electrons. The van der Waals surface area contributed by atoms with Crippen LogP contribution < -0.4 is 16.4 Å². The summed E-state index contributed by atoms with van der Waals surface area (Å²) in [6, 6.07) is 4.96. The highest BCUT2D eigenvalue weighted by atomic mass is 32.2. The van der Waals surface area contributed by atoms with Crippen molar-refractivity contribution >= 4 is 86.9 Å². The summed E-state index contributed by atoms with van der Waals surface area (Å²) < 4.78 is 136. The summed E-state index contributed by atoms with van der Waals surface area (Å²) in [5, 5.41) is 22.4. The number of nitrogens with zero attached hydrogens (tertiary/aromatic N) is 5. The van der Waals surface area contributed by atoms with E-state index in [2.05, 4.69) is 46.6 Å². The first-order valence-electron chi connectivity index (χ1n) is 13.5. The summed E-state index contributed by atoms with van der Waals surface area (Å²) in [7, 11) is -15.1. The van der Waals surface area contributed by atoms with Gasteiger partial charge in [0, 0.05) is 18.3 Å². The lowest BCUT2D eigenvalue weighted by Crippen LogP contribution is -2.15. The van der Waals surface area contributed by atoms with Gasteiger partial charge in [-0.25, -0.2) is 4.21 Å². The molecular formula is C25H25FN8O13S4. The minimum atomic E-state index is -5.11. The number of halogens is 1. The molecule has 0 aliphatic rings. The number of nitrogens with two attached hydrogens (primary N) is 1. The number of phenolic OH excluding ortho intramolecular Hbond substituents is 1. The Bertz CT molecular complexity index is 2400. The molecule has 1 atom stereocenters. The van der Waals surface area contributed by atoms with Crippen LogP contribution >= 0.6 is 0 Å². The van der Waals surface area contributed by atoms with Gasteiger partial charge in [0.25, 0.3) is 30.4 Å². The average molecular weight is 793 g/mol. The molecule has 1 heterocycles. The second-order valence-electron chi connectivity index (χ2n) is 9.67. The first-order valence-corrected chi connectivity index (χ1v) is 19.1. The van der Waals surface area contributed by atoms with Crippen molar-refractivity contribution in [3.8, 4) is 5.75 Å². The minimum absolute atomic E-state index is 0.0713. The first kappa shape index (κ1) is 38.8. The normalized spacial score (nSPS) is 12.9. The van der Waals surface area contributed by atoms with Crippen molar-refractivity contribution in [3.05, 3.63) is 55.3 Å². The van der Waals surface area contributed by atoms with Crippen LogP contribution in [-0.4, -0.2) is 88.7 Å². The number of hydrogen-bond donors (Lipinski definition) is 7. The zero-order valence-corrected chi connectivity index (χ0v) is 28.6. The van der Waals surface area contributed by atoms with Gasteiger partial charge in [-0.2, -0.15) is 44.6 Å². The monoisotopic (exact) mass is 792 g/mol. The zero-order valence-electron chi connectivity index (χ0n) is 25.4. The van der Waals surface area contributed by atoms with Crippen LogP contribution in [0.15, 0.2) is 74.2 Å². The summed E-state index contributed by atoms with van der Waals surface area (Å²) in [5.41, 5.74) is 3.67. The number of aromatic hydroxyl groups is 1. The second-order valence-corrected chi connectivity index (χ2v) is 15.1. The van der Waals surface area contributed by atoms with Gasteiger partial charge in [0.15, 0.2) is 0 Å². The number of fused-ring (bicyclic) bond motifs is 1. The molecule has 0 fully saturated rings. The van der Waals surface area contributed by atoms with E-state index in [1.807, 2.05) is 0 Å². The Balaban J connectivity index is 1.64. The second kappa shape index (κ2) is 15.5. The number of phenols is 1. The molecule has 0 saturated heterocycles. The number of benzene rings is 3. The van der Waals surface area contributed by atoms with E-state index < -0.39 is 102 Å². The SMILES string of the molecule is C=COS(=O)CCOCCNc1nc(F)nc(Nc2ccc(N=Nc3c(N)c(S(=O)(=O)O)cc4cc(S(=O)(=O)O)cc(O)c34)c(S(=O)(=O)O)c2)n1. The summed E-state index contributed by atoms with van der Waals surface area (Å²) >= 11 is -1.61. The van der Waals surface area contributed by atoms with Crippen LogP contribution in [0.3, 0.4) is 0 Å². The molecular weight excluding hydrogens is 768 g/mol. The largest absolute Gasteiger partial charge is 0.507 e. The molecule has 274 valence electrons. The smallest absolute Gasteiger partial charge is 0.315 e. The summed E-state index contributed by atoms with van der Waals surface area (Å²) in [4.78, 5) is 8.11. The molecule has 4 rings (SSSR count). The number of hydrogen-bond acceptors (Lipinski definition) is 18. The molecule has 0 spiro atoms. The molecule has 0 aliphatic carbocycles. The third-order valence-electron chi connectivity index (χ3n) is 6.20. The molecule has 1 unspecified atom stereocenters. The number of rotatable bonds is 16. The summed E-state index contributed by atoms with van der Waals surface area (Å²) in [6.07, 6.45) is -0.210. The van der Waals surface area contributed by atoms with Crippen LogP contribution in [0.2, 0.25) is 0 Å². The van der Waals surface area contributed by atoms with Gasteiger partial charge < -0.3 is 30.4 Å². The standard InChI is InChI=1S/C25H25FN8O13S4/c1-2-47-48(36)8-7-46-6-5-28-24-30-23(26)31-25(32-24)29-14-3-4-16(18(11-14)50(40,41)42)33-34-22-20-13(10-19(21(22)27)51(43,44)45)9-15(12-17(20)35)49(37,38)39/h2-4,9-12,35H,1,5-8,27H2,(H,37,38,39)(H,40,41,42)(H,43,44,45)(H2,28,29,30,31,32). The molecule has 3 aromatic carbocycles. The van der Waals surface area contributed by atoms with Crippen molar-refractivity contribution in [1.82, 2.24) is 15.0 Å². The Labute approximate surface area is 290 Å². The summed E-state index contributed by atoms with van der Waals surface area (Å²) in [6.45, 7) is 3.51. The predicted octanol–water partition coefficient (Wildman–Crippen LogP) is 2.60. The fourth-order valence-electron chi connectivity index (χ4n) is 4.12. The molecule has 4 aromatic rings. The van der Waals surface area contributed by atoms with Gasteiger partial charge in [-0.3, -0.25) is 13.7 Å². The van der Waals surface area contributed by atoms with Gasteiger partial charge in [0.05, 0.1) is 41.2 Å². The van der Waals surface area contributed by atoms with Crippen LogP contribution in [0.25, 0.3) is 10.8 Å². The lowest BCUT2D eigenvalue weighted by atomic mass is 10.1. The predicted molar refractivity (Wildman–Crippen MR) is 177 cm³/mol. The van der Waals surface area contributed by atoms with E-state index in [1.54, 1.807) is 0 Å². The van der Waals surface area contributed by atoms with Crippen molar-refractivity contribution in [2.45, 2.75) is 14.7 Å². The van der Waals surface area contributed by atoms with Crippen LogP contribution in [0.5, 0.6) is 5.75 Å². The molecule has 0 saturated carbocycles. The van der Waals surface area contributed by atoms with E-state index in [9.17, 15) is 52.6 Å². The third-order valence-corrected chi connectivity index (χ3v) is 9.66. The Hall–Kier alpha value is -4.96. The molecule has 1 aromatic heterocycles. The highest BCUT2D eigenvalue weighted by Gasteiger charge is 2.25. The van der Waals surface area contributed by atoms with Crippen LogP contribution in [0.1, 0.15) is 0 Å². The van der Waals surface area contributed by atoms with Gasteiger partial charge >= 0.3 is 6.08 Å². The topological polar surface area (TPSA) is 332 Å². The van der Waals surface area contributed by atoms with Gasteiger partial charge in [0.1, 0.15) is 26.9 Å². The highest BCUT2D eigenvalue weighted by Crippen LogP contribution is 2.44. The van der Waals surface area contributed by atoms with E-state index in [1.165, 1.54) is 0 Å². The Kier molecular flexibility index (Phi) is 11.8. The molecule has 0 aliphatic heterocycles. The third kappa shape index (κ3) is 10.1. The lowest BCUT2D eigenvalue weighted by molar-refractivity contribution is 0.159. The van der Waals surface area contributed by atoms with Gasteiger partial charge in [0.2, 0.25) is 23.0 Å². The fourth-order valence-corrected chi connectivity index (χ4v) is 6.46. The van der Waals surface area contributed by atoms with Gasteiger partial charge in [-0.1, -0.05) is 6.58 Å². The van der Waals surface area contributed by atoms with E-state index >= 15 is 0 Å². The number of aromatic nitrogens is 3. The van der Waals surface area contributed by atoms with Crippen LogP contribution in [-0.2, 0) is 50.4 Å². The minimum Gasteiger partial charge on any atom is -0.507 e. The van der Waals surface area contributed by atoms with Crippen molar-refractivity contribution < 1.29 is 61.5 Å². The highest BCUT2D eigenvalue weighted by molar-refractivity contribution is 7.86. The number of nitrogens with one attached hydrogen (secondary N) is 2. The van der Waals surface area contributed by atoms with Crippen molar-refractivity contribution in [3.63, 3.8) is 0 Å². The Morgan fingerprint density at radius 3 is 2.25 bits per heavy atom. The Morgan fingerprint density at radius 2 is 1.61 bits per heavy atom. The van der Waals surface area contributed by atoms with Gasteiger partial charge in [-0.15, -0.1) is 10.2 Å². The maximum Gasteiger partial charge on any atom is 0.315 e. The van der Waals surface area contributed by atoms with Gasteiger partial charge in [-0.05, 0) is 35.7 Å². The molecule has 0 amide bonds. The number of ether oxygens (including phenoxy) is 1. The molecule has 8 N–H and O–H groups in total. The molecule has 0 bridgehead atoms. The van der Waals surface area contributed by atoms with Crippen molar-refractivity contribution in [2.24, 2.45) is 10.2 Å². The fraction of sp³-hybridized carbons (Fsp3) is 0.160. The van der Waals surface area contributed by atoms with E-state index in [4.69, 9.17) is 10.5 Å². The van der Waals surface area contributed by atoms with E-state index in [-0.39, 0.29) is 37.1 Å². The first-order chi connectivity index (χ1) is 23.8. The van der Waals surface area contributed by atoms with E-state index in [0.29, 0.717) is 12.1 Å². The maximum atomic E-state index is 14.2. The zero-order chi connectivity index (χ0) is 37.7. The van der Waals surface area contributed by atoms with Crippen molar-refractivity contribution in [2.75, 3.05) is 41.9 Å². The maximum absolute atomic E-state index is 14.2. The number of azo groups is 1. The lowest BCUT2D eigenvalue weighted by Gasteiger charge is -2.12. The molecule has 26 heteroatoms. The number of anilines is 4. The van der Waals surface area contributed by atoms with Crippen molar-refractivity contribution in [1.29, 1.82) is 0 Å². The Morgan fingerprint density at radius 1 is 0.922 bits per heavy atom. The summed E-state index contributed by atoms with van der Waals surface area (Å²) in [5.74, 6) is -1.49.